The Morgan fingerprint density at radius 3 is 2.16 bits per heavy atom. The molecule has 5 rings (SSSR count). The maximum atomic E-state index is 11.0. The van der Waals surface area contributed by atoms with E-state index in [9.17, 15) is 10.1 Å². The molecule has 7 heteroatoms. The predicted molar refractivity (Wildman–Crippen MR) is 120 cm³/mol. The van der Waals surface area contributed by atoms with E-state index in [1.807, 2.05) is 66.7 Å². The molecule has 150 valence electrons. The molecule has 0 amide bonds. The highest BCUT2D eigenvalue weighted by Gasteiger charge is 2.19. The molecule has 31 heavy (non-hydrogen) atoms. The summed E-state index contributed by atoms with van der Waals surface area (Å²) in [6, 6.07) is 28.1. The number of nitro benzene ring substituents is 1. The van der Waals surface area contributed by atoms with Gasteiger partial charge in [0.25, 0.3) is 5.69 Å². The van der Waals surface area contributed by atoms with E-state index in [1.165, 1.54) is 12.1 Å². The van der Waals surface area contributed by atoms with Crippen LogP contribution in [0.1, 0.15) is 0 Å². The van der Waals surface area contributed by atoms with E-state index in [0.717, 1.165) is 28.1 Å². The number of rotatable bonds is 5. The SMILES string of the molecule is O=[N+]([O-])c1ccc(-c2ccnc3c(-c4ccccc4)c(Nc4ccccc4)nn23)cc1. The van der Waals surface area contributed by atoms with Crippen LogP contribution in [0.5, 0.6) is 0 Å². The van der Waals surface area contributed by atoms with Gasteiger partial charge in [-0.25, -0.2) is 9.50 Å². The van der Waals surface area contributed by atoms with E-state index >= 15 is 0 Å². The number of benzene rings is 3. The lowest BCUT2D eigenvalue weighted by Gasteiger charge is -2.06. The molecule has 2 heterocycles. The number of nitrogens with zero attached hydrogens (tertiary/aromatic N) is 4. The highest BCUT2D eigenvalue weighted by atomic mass is 16.6. The number of hydrogen-bond donors (Lipinski definition) is 1. The molecule has 0 saturated carbocycles. The lowest BCUT2D eigenvalue weighted by molar-refractivity contribution is -0.384. The monoisotopic (exact) mass is 407 g/mol. The van der Waals surface area contributed by atoms with Crippen LogP contribution in [0.3, 0.4) is 0 Å². The fourth-order valence-electron chi connectivity index (χ4n) is 3.53. The summed E-state index contributed by atoms with van der Waals surface area (Å²) in [6.07, 6.45) is 1.73. The first-order chi connectivity index (χ1) is 15.2. The lowest BCUT2D eigenvalue weighted by Crippen LogP contribution is -1.97. The Labute approximate surface area is 177 Å². The fourth-order valence-corrected chi connectivity index (χ4v) is 3.53. The first kappa shape index (κ1) is 18.5. The van der Waals surface area contributed by atoms with E-state index in [4.69, 9.17) is 5.10 Å². The third-order valence-corrected chi connectivity index (χ3v) is 4.99. The number of hydrogen-bond acceptors (Lipinski definition) is 5. The second-order valence-electron chi connectivity index (χ2n) is 6.95. The summed E-state index contributed by atoms with van der Waals surface area (Å²) < 4.78 is 1.77. The minimum atomic E-state index is -0.408. The van der Waals surface area contributed by atoms with Crippen molar-refractivity contribution in [3.05, 3.63) is 107 Å². The molecule has 5 aromatic rings. The molecule has 0 fully saturated rings. The van der Waals surface area contributed by atoms with Crippen molar-refractivity contribution in [2.24, 2.45) is 0 Å². The van der Waals surface area contributed by atoms with E-state index in [2.05, 4.69) is 10.3 Å². The van der Waals surface area contributed by atoms with Crippen LogP contribution in [0.4, 0.5) is 17.2 Å². The summed E-state index contributed by atoms with van der Waals surface area (Å²) in [7, 11) is 0. The number of aromatic nitrogens is 3. The van der Waals surface area contributed by atoms with Crippen LogP contribution in [0, 0.1) is 10.1 Å². The van der Waals surface area contributed by atoms with Crippen molar-refractivity contribution < 1.29 is 4.92 Å². The minimum absolute atomic E-state index is 0.0472. The summed E-state index contributed by atoms with van der Waals surface area (Å²) in [4.78, 5) is 15.2. The third kappa shape index (κ3) is 3.49. The zero-order chi connectivity index (χ0) is 21.2. The van der Waals surface area contributed by atoms with Gasteiger partial charge >= 0.3 is 0 Å². The Hall–Kier alpha value is -4.52. The number of nitro groups is 1. The van der Waals surface area contributed by atoms with Gasteiger partial charge in [-0.2, -0.15) is 0 Å². The normalized spacial score (nSPS) is 10.8. The van der Waals surface area contributed by atoms with Gasteiger partial charge in [0.05, 0.1) is 16.2 Å². The Balaban J connectivity index is 1.70. The second kappa shape index (κ2) is 7.72. The first-order valence-corrected chi connectivity index (χ1v) is 9.71. The van der Waals surface area contributed by atoms with Crippen molar-refractivity contribution in [1.29, 1.82) is 0 Å². The number of non-ortho nitro benzene ring substituents is 1. The fraction of sp³-hybridized carbons (Fsp3) is 0. The van der Waals surface area contributed by atoms with Gasteiger partial charge in [-0.1, -0.05) is 48.5 Å². The average Bonchev–Trinajstić information content (AvgIpc) is 3.18. The van der Waals surface area contributed by atoms with Gasteiger partial charge in [-0.15, -0.1) is 5.10 Å². The van der Waals surface area contributed by atoms with E-state index in [1.54, 1.807) is 22.8 Å². The van der Waals surface area contributed by atoms with Crippen molar-refractivity contribution in [3.8, 4) is 22.4 Å². The molecular weight excluding hydrogens is 390 g/mol. The van der Waals surface area contributed by atoms with Crippen LogP contribution < -0.4 is 5.32 Å². The van der Waals surface area contributed by atoms with Crippen LogP contribution in [0.25, 0.3) is 28.0 Å². The molecule has 0 spiro atoms. The molecule has 0 bridgehead atoms. The zero-order valence-electron chi connectivity index (χ0n) is 16.3. The van der Waals surface area contributed by atoms with Crippen LogP contribution in [-0.2, 0) is 0 Å². The number of para-hydroxylation sites is 1. The molecule has 1 N–H and O–H groups in total. The summed E-state index contributed by atoms with van der Waals surface area (Å²) in [6.45, 7) is 0. The summed E-state index contributed by atoms with van der Waals surface area (Å²) in [5.41, 5.74) is 5.13. The van der Waals surface area contributed by atoms with Gasteiger partial charge in [-0.05, 0) is 35.9 Å². The maximum Gasteiger partial charge on any atom is 0.269 e. The van der Waals surface area contributed by atoms with Crippen molar-refractivity contribution >= 4 is 22.8 Å². The Kier molecular flexibility index (Phi) is 4.61. The molecule has 2 aromatic heterocycles. The van der Waals surface area contributed by atoms with Gasteiger partial charge in [0.2, 0.25) is 0 Å². The largest absolute Gasteiger partial charge is 0.338 e. The van der Waals surface area contributed by atoms with Gasteiger partial charge in [0.1, 0.15) is 0 Å². The molecule has 0 aliphatic carbocycles. The predicted octanol–water partition coefficient (Wildman–Crippen LogP) is 5.72. The van der Waals surface area contributed by atoms with Crippen molar-refractivity contribution in [2.45, 2.75) is 0 Å². The molecule has 0 atom stereocenters. The lowest BCUT2D eigenvalue weighted by atomic mass is 10.1. The topological polar surface area (TPSA) is 85.4 Å². The smallest absolute Gasteiger partial charge is 0.269 e. The highest BCUT2D eigenvalue weighted by Crippen LogP contribution is 2.35. The molecule has 0 radical (unpaired) electrons. The van der Waals surface area contributed by atoms with Gasteiger partial charge in [-0.3, -0.25) is 10.1 Å². The molecule has 0 unspecified atom stereocenters. The quantitative estimate of drug-likeness (QED) is 0.298. The summed E-state index contributed by atoms with van der Waals surface area (Å²) >= 11 is 0. The van der Waals surface area contributed by atoms with Crippen molar-refractivity contribution in [1.82, 2.24) is 14.6 Å². The van der Waals surface area contributed by atoms with E-state index in [-0.39, 0.29) is 5.69 Å². The van der Waals surface area contributed by atoms with Gasteiger partial charge < -0.3 is 5.32 Å². The number of nitrogens with one attached hydrogen (secondary N) is 1. The van der Waals surface area contributed by atoms with Crippen LogP contribution in [-0.4, -0.2) is 19.5 Å². The molecule has 0 aliphatic rings. The van der Waals surface area contributed by atoms with Gasteiger partial charge in [0, 0.05) is 29.6 Å². The summed E-state index contributed by atoms with van der Waals surface area (Å²) in [5.74, 6) is 0.680. The summed E-state index contributed by atoms with van der Waals surface area (Å²) in [5, 5.41) is 19.2. The molecular formula is C24H17N5O2. The minimum Gasteiger partial charge on any atom is -0.338 e. The number of anilines is 2. The third-order valence-electron chi connectivity index (χ3n) is 4.99. The molecule has 0 saturated heterocycles. The van der Waals surface area contributed by atoms with Crippen molar-refractivity contribution in [2.75, 3.05) is 5.32 Å². The van der Waals surface area contributed by atoms with Crippen molar-refractivity contribution in [3.63, 3.8) is 0 Å². The average molecular weight is 407 g/mol. The maximum absolute atomic E-state index is 11.0. The van der Waals surface area contributed by atoms with Crippen LogP contribution in [0.2, 0.25) is 0 Å². The Bertz CT molecular complexity index is 1360. The second-order valence-corrected chi connectivity index (χ2v) is 6.95. The molecule has 7 nitrogen and oxygen atoms in total. The Morgan fingerprint density at radius 1 is 0.806 bits per heavy atom. The number of fused-ring (bicyclic) bond motifs is 1. The molecule has 3 aromatic carbocycles. The zero-order valence-corrected chi connectivity index (χ0v) is 16.3. The van der Waals surface area contributed by atoms with Crippen LogP contribution in [0.15, 0.2) is 97.2 Å². The highest BCUT2D eigenvalue weighted by molar-refractivity contribution is 5.90. The standard InChI is InChI=1S/C24H17N5O2/c30-29(31)20-13-11-17(12-14-20)21-15-16-25-24-22(18-7-3-1-4-8-18)23(27-28(21)24)26-19-9-5-2-6-10-19/h1-16H,(H,26,27). The van der Waals surface area contributed by atoms with Gasteiger partial charge in [0.15, 0.2) is 11.5 Å². The van der Waals surface area contributed by atoms with E-state index < -0.39 is 4.92 Å². The van der Waals surface area contributed by atoms with E-state index in [0.29, 0.717) is 11.5 Å². The Morgan fingerprint density at radius 2 is 1.48 bits per heavy atom. The first-order valence-electron chi connectivity index (χ1n) is 9.71. The molecule has 0 aliphatic heterocycles. The van der Waals surface area contributed by atoms with Crippen LogP contribution >= 0.6 is 0 Å².